The van der Waals surface area contributed by atoms with E-state index in [0.29, 0.717) is 25.9 Å². The van der Waals surface area contributed by atoms with Crippen LogP contribution in [0.5, 0.6) is 0 Å². The van der Waals surface area contributed by atoms with Gasteiger partial charge in [-0.25, -0.2) is 0 Å². The topological polar surface area (TPSA) is 95.9 Å². The maximum atomic E-state index is 12.4. The lowest BCUT2D eigenvalue weighted by molar-refractivity contribution is -0.143. The Morgan fingerprint density at radius 1 is 0.359 bits per heavy atom. The molecule has 0 aromatic carbocycles. The van der Waals surface area contributed by atoms with E-state index in [1.54, 1.807) is 0 Å². The van der Waals surface area contributed by atoms with Crippen LogP contribution in [-0.4, -0.2) is 47.4 Å². The van der Waals surface area contributed by atoms with E-state index >= 15 is 0 Å². The highest BCUT2D eigenvalue weighted by molar-refractivity contribution is 5.76. The molecule has 6 nitrogen and oxygen atoms in total. The summed E-state index contributed by atoms with van der Waals surface area (Å²) in [4.78, 5) is 24.5. The molecule has 0 spiro atoms. The molecule has 1 amide bonds. The summed E-state index contributed by atoms with van der Waals surface area (Å²) in [6, 6.07) is -0.534. The molecular weight excluding hydrogens is 959 g/mol. The summed E-state index contributed by atoms with van der Waals surface area (Å²) in [5.74, 6) is -0.0150. The van der Waals surface area contributed by atoms with E-state index in [0.717, 1.165) is 51.4 Å². The van der Waals surface area contributed by atoms with Crippen LogP contribution in [0, 0.1) is 0 Å². The smallest absolute Gasteiger partial charge is 0.305 e. The van der Waals surface area contributed by atoms with Crippen LogP contribution >= 0.6 is 0 Å². The lowest BCUT2D eigenvalue weighted by Gasteiger charge is -2.22. The first kappa shape index (κ1) is 76.3. The van der Waals surface area contributed by atoms with E-state index in [9.17, 15) is 19.8 Å². The number of carbonyl (C=O) groups is 2. The molecule has 6 heteroatoms. The minimum absolute atomic E-state index is 0.0153. The number of amides is 1. The van der Waals surface area contributed by atoms with Crippen molar-refractivity contribution in [1.29, 1.82) is 0 Å². The van der Waals surface area contributed by atoms with Crippen LogP contribution in [0.4, 0.5) is 0 Å². The molecule has 0 fully saturated rings. The second-order valence-corrected chi connectivity index (χ2v) is 24.6. The summed E-state index contributed by atoms with van der Waals surface area (Å²) in [5, 5.41) is 23.1. The predicted octanol–water partition coefficient (Wildman–Crippen LogP) is 22.9. The molecule has 0 saturated heterocycles. The van der Waals surface area contributed by atoms with Crippen molar-refractivity contribution in [2.24, 2.45) is 0 Å². The number of rotatable bonds is 67. The van der Waals surface area contributed by atoms with Gasteiger partial charge in [-0.05, 0) is 57.8 Å². The molecule has 0 aromatic heterocycles. The maximum Gasteiger partial charge on any atom is 0.305 e. The third kappa shape index (κ3) is 63.5. The fourth-order valence-electron chi connectivity index (χ4n) is 11.3. The van der Waals surface area contributed by atoms with E-state index < -0.39 is 12.1 Å². The monoisotopic (exact) mass is 1100 g/mol. The van der Waals surface area contributed by atoms with Gasteiger partial charge in [0.15, 0.2) is 0 Å². The van der Waals surface area contributed by atoms with Crippen molar-refractivity contribution >= 4 is 11.9 Å². The highest BCUT2D eigenvalue weighted by Gasteiger charge is 2.20. The first-order valence-corrected chi connectivity index (χ1v) is 35.6. The van der Waals surface area contributed by atoms with E-state index in [4.69, 9.17) is 4.74 Å². The zero-order valence-corrected chi connectivity index (χ0v) is 52.9. The molecule has 0 aliphatic carbocycles. The van der Waals surface area contributed by atoms with E-state index in [1.807, 2.05) is 0 Å². The van der Waals surface area contributed by atoms with Gasteiger partial charge in [-0.2, -0.15) is 0 Å². The van der Waals surface area contributed by atoms with Gasteiger partial charge in [0.2, 0.25) is 5.91 Å². The van der Waals surface area contributed by atoms with Crippen LogP contribution < -0.4 is 5.32 Å². The van der Waals surface area contributed by atoms with Crippen LogP contribution in [0.15, 0.2) is 24.3 Å². The molecule has 0 rings (SSSR count). The van der Waals surface area contributed by atoms with Crippen LogP contribution in [0.1, 0.15) is 399 Å². The normalized spacial score (nSPS) is 12.6. The van der Waals surface area contributed by atoms with Gasteiger partial charge < -0.3 is 20.3 Å². The van der Waals surface area contributed by atoms with Crippen molar-refractivity contribution in [3.05, 3.63) is 24.3 Å². The summed E-state index contributed by atoms with van der Waals surface area (Å²) in [7, 11) is 0. The minimum Gasteiger partial charge on any atom is -0.466 e. The van der Waals surface area contributed by atoms with Crippen molar-refractivity contribution < 1.29 is 24.5 Å². The molecule has 0 saturated carbocycles. The molecule has 78 heavy (non-hydrogen) atoms. The van der Waals surface area contributed by atoms with Crippen molar-refractivity contribution in [3.63, 3.8) is 0 Å². The SMILES string of the molecule is CCCCC/C=C\C/C=C\CCCCCCCCCC(=O)OCCCCCCCCCCCCCCCCCCCCCCCCCCCCCCCCCCCCCC(=O)NC(CO)C(O)CCCCCCCCCCC. The molecule has 0 radical (unpaired) electrons. The van der Waals surface area contributed by atoms with Gasteiger partial charge in [0.05, 0.1) is 25.4 Å². The second-order valence-electron chi connectivity index (χ2n) is 24.6. The number of aliphatic hydroxyl groups is 2. The summed E-state index contributed by atoms with van der Waals surface area (Å²) < 4.78 is 5.50. The van der Waals surface area contributed by atoms with Gasteiger partial charge in [-0.1, -0.05) is 353 Å². The molecule has 2 atom stereocenters. The lowest BCUT2D eigenvalue weighted by atomic mass is 10.0. The number of unbranched alkanes of at least 4 members (excludes halogenated alkanes) is 52. The number of ether oxygens (including phenoxy) is 1. The second kappa shape index (κ2) is 67.8. The lowest BCUT2D eigenvalue weighted by Crippen LogP contribution is -2.45. The molecule has 0 aromatic rings. The Morgan fingerprint density at radius 2 is 0.641 bits per heavy atom. The predicted molar refractivity (Wildman–Crippen MR) is 343 cm³/mol. The molecule has 0 bridgehead atoms. The summed E-state index contributed by atoms with van der Waals surface area (Å²) in [6.45, 7) is 4.93. The fraction of sp³-hybridized carbons (Fsp3) is 0.917. The van der Waals surface area contributed by atoms with Crippen molar-refractivity contribution in [3.8, 4) is 0 Å². The van der Waals surface area contributed by atoms with E-state index in [1.165, 1.54) is 315 Å². The van der Waals surface area contributed by atoms with E-state index in [-0.39, 0.29) is 18.5 Å². The van der Waals surface area contributed by atoms with Gasteiger partial charge in [0, 0.05) is 12.8 Å². The molecular formula is C72H139NO5. The molecule has 3 N–H and O–H groups in total. The third-order valence-corrected chi connectivity index (χ3v) is 16.8. The molecule has 462 valence electrons. The average Bonchev–Trinajstić information content (AvgIpc) is 3.44. The average molecular weight is 1100 g/mol. The van der Waals surface area contributed by atoms with Crippen molar-refractivity contribution in [1.82, 2.24) is 5.32 Å². The summed E-state index contributed by atoms with van der Waals surface area (Å²) >= 11 is 0. The van der Waals surface area contributed by atoms with Crippen LogP contribution in [0.25, 0.3) is 0 Å². The largest absolute Gasteiger partial charge is 0.466 e. The Labute approximate surface area is 488 Å². The Hall–Kier alpha value is -1.66. The highest BCUT2D eigenvalue weighted by atomic mass is 16.5. The zero-order chi connectivity index (χ0) is 56.4. The number of esters is 1. The standard InChI is InChI=1S/C72H139NO5/c1-3-5-7-9-11-13-14-15-16-36-40-43-46-50-54-58-62-66-72(77)78-67-63-59-55-51-47-44-41-38-35-33-31-29-27-25-23-21-19-17-18-20-22-24-26-28-30-32-34-37-39-42-45-49-53-57-61-65-71(76)73-69(68-74)70(75)64-60-56-52-48-12-10-8-6-4-2/h11,13,15-16,69-70,74-75H,3-10,12,14,17-68H2,1-2H3,(H,73,76)/b13-11-,16-15-. The molecule has 0 aliphatic heterocycles. The Balaban J connectivity index is 3.27. The number of hydrogen-bond acceptors (Lipinski definition) is 5. The number of allylic oxidation sites excluding steroid dienone is 4. The summed E-state index contributed by atoms with van der Waals surface area (Å²) in [5.41, 5.74) is 0. The Kier molecular flexibility index (Phi) is 66.4. The molecule has 0 aliphatic rings. The minimum atomic E-state index is -0.657. The van der Waals surface area contributed by atoms with Crippen LogP contribution in [0.2, 0.25) is 0 Å². The maximum absolute atomic E-state index is 12.4. The molecule has 2 unspecified atom stereocenters. The van der Waals surface area contributed by atoms with Gasteiger partial charge in [-0.3, -0.25) is 9.59 Å². The number of hydrogen-bond donors (Lipinski definition) is 3. The van der Waals surface area contributed by atoms with Crippen LogP contribution in [0.3, 0.4) is 0 Å². The third-order valence-electron chi connectivity index (χ3n) is 16.8. The molecule has 0 heterocycles. The van der Waals surface area contributed by atoms with Gasteiger partial charge >= 0.3 is 5.97 Å². The Bertz CT molecular complexity index is 1220. The summed E-state index contributed by atoms with van der Waals surface area (Å²) in [6.07, 6.45) is 85.4. The number of aliphatic hydroxyl groups excluding tert-OH is 2. The van der Waals surface area contributed by atoms with Crippen LogP contribution in [-0.2, 0) is 14.3 Å². The highest BCUT2D eigenvalue weighted by Crippen LogP contribution is 2.19. The fourth-order valence-corrected chi connectivity index (χ4v) is 11.3. The first-order valence-electron chi connectivity index (χ1n) is 35.6. The van der Waals surface area contributed by atoms with Gasteiger partial charge in [-0.15, -0.1) is 0 Å². The van der Waals surface area contributed by atoms with Crippen molar-refractivity contribution in [2.45, 2.75) is 411 Å². The number of carbonyl (C=O) groups excluding carboxylic acids is 2. The number of nitrogens with one attached hydrogen (secondary N) is 1. The zero-order valence-electron chi connectivity index (χ0n) is 52.9. The Morgan fingerprint density at radius 3 is 1.00 bits per heavy atom. The van der Waals surface area contributed by atoms with Gasteiger partial charge in [0.1, 0.15) is 0 Å². The van der Waals surface area contributed by atoms with E-state index in [2.05, 4.69) is 43.5 Å². The quantitative estimate of drug-likeness (QED) is 0.0320. The first-order chi connectivity index (χ1) is 38.5. The van der Waals surface area contributed by atoms with Crippen molar-refractivity contribution in [2.75, 3.05) is 13.2 Å². The van der Waals surface area contributed by atoms with Gasteiger partial charge in [0.25, 0.3) is 0 Å².